The molecule has 0 saturated carbocycles. The number of fused-ring (bicyclic) bond motifs is 1. The van der Waals surface area contributed by atoms with E-state index in [1.807, 2.05) is 54.6 Å². The van der Waals surface area contributed by atoms with Gasteiger partial charge in [-0.15, -0.1) is 0 Å². The molecule has 4 nitrogen and oxygen atoms in total. The lowest BCUT2D eigenvalue weighted by molar-refractivity contribution is 0.317. The molecule has 0 saturated heterocycles. The minimum absolute atomic E-state index is 0.161. The summed E-state index contributed by atoms with van der Waals surface area (Å²) in [4.78, 5) is 0. The molecule has 0 bridgehead atoms. The van der Waals surface area contributed by atoms with Crippen molar-refractivity contribution in [1.82, 2.24) is 0 Å². The average molecular weight is 266 g/mol. The van der Waals surface area contributed by atoms with Crippen LogP contribution in [0.5, 0.6) is 0 Å². The minimum atomic E-state index is 0.161. The lowest BCUT2D eigenvalue weighted by Gasteiger charge is -2.02. The van der Waals surface area contributed by atoms with Crippen molar-refractivity contribution in [3.05, 3.63) is 60.2 Å². The normalized spacial score (nSPS) is 11.9. The Bertz CT molecular complexity index is 761. The van der Waals surface area contributed by atoms with E-state index in [0.29, 0.717) is 6.42 Å². The van der Waals surface area contributed by atoms with Crippen LogP contribution in [0, 0.1) is 0 Å². The number of hydrogen-bond donors (Lipinski definition) is 2. The predicted octanol–water partition coefficient (Wildman–Crippen LogP) is 3.39. The molecule has 100 valence electrons. The SMILES string of the molecule is NC(Cc1c(-c2ccccc2)oc2ccccc12)=NO. The second kappa shape index (κ2) is 5.09. The molecule has 1 aromatic heterocycles. The highest BCUT2D eigenvalue weighted by molar-refractivity contribution is 5.94. The molecule has 0 amide bonds. The average Bonchev–Trinajstić information content (AvgIpc) is 2.87. The van der Waals surface area contributed by atoms with Gasteiger partial charge < -0.3 is 15.4 Å². The van der Waals surface area contributed by atoms with E-state index in [-0.39, 0.29) is 5.84 Å². The van der Waals surface area contributed by atoms with Gasteiger partial charge in [0, 0.05) is 22.9 Å². The first kappa shape index (κ1) is 12.3. The highest BCUT2D eigenvalue weighted by Crippen LogP contribution is 2.33. The maximum Gasteiger partial charge on any atom is 0.143 e. The van der Waals surface area contributed by atoms with Crippen LogP contribution < -0.4 is 5.73 Å². The third-order valence-corrected chi connectivity index (χ3v) is 3.22. The fraction of sp³-hybridized carbons (Fsp3) is 0.0625. The molecule has 0 spiro atoms. The van der Waals surface area contributed by atoms with Crippen molar-refractivity contribution in [2.24, 2.45) is 10.9 Å². The molecule has 3 N–H and O–H groups in total. The topological polar surface area (TPSA) is 71.8 Å². The number of amidine groups is 1. The third-order valence-electron chi connectivity index (χ3n) is 3.22. The van der Waals surface area contributed by atoms with Crippen molar-refractivity contribution in [3.63, 3.8) is 0 Å². The summed E-state index contributed by atoms with van der Waals surface area (Å²) in [5, 5.41) is 12.8. The third kappa shape index (κ3) is 2.12. The molecule has 0 fully saturated rings. The minimum Gasteiger partial charge on any atom is -0.456 e. The van der Waals surface area contributed by atoms with Gasteiger partial charge in [0.15, 0.2) is 0 Å². The molecular formula is C16H14N2O2. The molecule has 20 heavy (non-hydrogen) atoms. The van der Waals surface area contributed by atoms with Crippen molar-refractivity contribution in [2.45, 2.75) is 6.42 Å². The van der Waals surface area contributed by atoms with Crippen molar-refractivity contribution in [3.8, 4) is 11.3 Å². The van der Waals surface area contributed by atoms with Gasteiger partial charge in [0.25, 0.3) is 0 Å². The monoisotopic (exact) mass is 266 g/mol. The molecule has 3 aromatic rings. The number of para-hydroxylation sites is 1. The molecule has 0 aliphatic carbocycles. The van der Waals surface area contributed by atoms with Gasteiger partial charge >= 0.3 is 0 Å². The molecule has 1 heterocycles. The standard InChI is InChI=1S/C16H14N2O2/c17-15(18-19)10-13-12-8-4-5-9-14(12)20-16(13)11-6-2-1-3-7-11/h1-9,19H,10H2,(H2,17,18). The lowest BCUT2D eigenvalue weighted by atomic mass is 10.0. The molecule has 0 unspecified atom stereocenters. The number of rotatable bonds is 3. The largest absolute Gasteiger partial charge is 0.456 e. The van der Waals surface area contributed by atoms with Gasteiger partial charge in [-0.2, -0.15) is 0 Å². The van der Waals surface area contributed by atoms with Crippen molar-refractivity contribution in [1.29, 1.82) is 0 Å². The van der Waals surface area contributed by atoms with E-state index >= 15 is 0 Å². The van der Waals surface area contributed by atoms with Gasteiger partial charge in [0.05, 0.1) is 0 Å². The van der Waals surface area contributed by atoms with Crippen LogP contribution in [0.4, 0.5) is 0 Å². The van der Waals surface area contributed by atoms with E-state index in [1.54, 1.807) is 0 Å². The number of nitrogens with zero attached hydrogens (tertiary/aromatic N) is 1. The van der Waals surface area contributed by atoms with Crippen molar-refractivity contribution < 1.29 is 9.62 Å². The van der Waals surface area contributed by atoms with E-state index in [1.165, 1.54) is 0 Å². The van der Waals surface area contributed by atoms with Crippen LogP contribution in [0.2, 0.25) is 0 Å². The van der Waals surface area contributed by atoms with Crippen LogP contribution in [-0.4, -0.2) is 11.0 Å². The first-order chi connectivity index (χ1) is 9.79. The second-order valence-electron chi connectivity index (χ2n) is 4.54. The van der Waals surface area contributed by atoms with Crippen LogP contribution >= 0.6 is 0 Å². The summed E-state index contributed by atoms with van der Waals surface area (Å²) < 4.78 is 5.94. The van der Waals surface area contributed by atoms with Gasteiger partial charge in [-0.3, -0.25) is 0 Å². The Hall–Kier alpha value is -2.75. The fourth-order valence-electron chi connectivity index (χ4n) is 2.31. The molecule has 0 aliphatic rings. The van der Waals surface area contributed by atoms with E-state index in [4.69, 9.17) is 15.4 Å². The summed E-state index contributed by atoms with van der Waals surface area (Å²) in [6.45, 7) is 0. The van der Waals surface area contributed by atoms with Gasteiger partial charge in [-0.05, 0) is 6.07 Å². The first-order valence-electron chi connectivity index (χ1n) is 6.32. The highest BCUT2D eigenvalue weighted by atomic mass is 16.4. The van der Waals surface area contributed by atoms with Gasteiger partial charge in [-0.25, -0.2) is 0 Å². The zero-order chi connectivity index (χ0) is 13.9. The first-order valence-corrected chi connectivity index (χ1v) is 6.32. The van der Waals surface area contributed by atoms with E-state index in [0.717, 1.165) is 27.9 Å². The Morgan fingerprint density at radius 3 is 2.50 bits per heavy atom. The lowest BCUT2D eigenvalue weighted by Crippen LogP contribution is -2.14. The summed E-state index contributed by atoms with van der Waals surface area (Å²) in [6.07, 6.45) is 0.345. The van der Waals surface area contributed by atoms with Gasteiger partial charge in [0.2, 0.25) is 0 Å². The summed E-state index contributed by atoms with van der Waals surface area (Å²) in [5.74, 6) is 0.923. The number of nitrogens with two attached hydrogens (primary N) is 1. The van der Waals surface area contributed by atoms with Crippen molar-refractivity contribution >= 4 is 16.8 Å². The predicted molar refractivity (Wildman–Crippen MR) is 78.8 cm³/mol. The van der Waals surface area contributed by atoms with Crippen LogP contribution in [0.15, 0.2) is 64.2 Å². The Labute approximate surface area is 116 Å². The summed E-state index contributed by atoms with van der Waals surface area (Å²) in [6, 6.07) is 17.6. The van der Waals surface area contributed by atoms with Gasteiger partial charge in [-0.1, -0.05) is 53.7 Å². The van der Waals surface area contributed by atoms with Crippen LogP contribution in [0.3, 0.4) is 0 Å². The molecular weight excluding hydrogens is 252 g/mol. The molecule has 0 aliphatic heterocycles. The van der Waals surface area contributed by atoms with Crippen molar-refractivity contribution in [2.75, 3.05) is 0 Å². The summed E-state index contributed by atoms with van der Waals surface area (Å²) >= 11 is 0. The molecule has 0 atom stereocenters. The Morgan fingerprint density at radius 2 is 1.75 bits per heavy atom. The molecule has 0 radical (unpaired) electrons. The second-order valence-corrected chi connectivity index (χ2v) is 4.54. The molecule has 4 heteroatoms. The highest BCUT2D eigenvalue weighted by Gasteiger charge is 2.16. The number of hydrogen-bond acceptors (Lipinski definition) is 3. The Morgan fingerprint density at radius 1 is 1.05 bits per heavy atom. The quantitative estimate of drug-likeness (QED) is 0.330. The van der Waals surface area contributed by atoms with Crippen LogP contribution in [-0.2, 0) is 6.42 Å². The molecule has 3 rings (SSSR count). The number of furan rings is 1. The smallest absolute Gasteiger partial charge is 0.143 e. The fourth-order valence-corrected chi connectivity index (χ4v) is 2.31. The zero-order valence-electron chi connectivity index (χ0n) is 10.8. The van der Waals surface area contributed by atoms with Gasteiger partial charge in [0.1, 0.15) is 17.2 Å². The van der Waals surface area contributed by atoms with E-state index in [2.05, 4.69) is 5.16 Å². The Kier molecular flexibility index (Phi) is 3.13. The maximum absolute atomic E-state index is 8.80. The van der Waals surface area contributed by atoms with Crippen LogP contribution in [0.1, 0.15) is 5.56 Å². The summed E-state index contributed by atoms with van der Waals surface area (Å²) in [5.41, 5.74) is 8.37. The number of benzene rings is 2. The Balaban J connectivity index is 2.23. The summed E-state index contributed by atoms with van der Waals surface area (Å²) in [7, 11) is 0. The zero-order valence-corrected chi connectivity index (χ0v) is 10.8. The van der Waals surface area contributed by atoms with E-state index in [9.17, 15) is 0 Å². The maximum atomic E-state index is 8.80. The molecule has 2 aromatic carbocycles. The van der Waals surface area contributed by atoms with Crippen LogP contribution in [0.25, 0.3) is 22.3 Å². The number of oxime groups is 1. The van der Waals surface area contributed by atoms with E-state index < -0.39 is 0 Å².